The van der Waals surface area contributed by atoms with E-state index in [0.29, 0.717) is 5.75 Å². The summed E-state index contributed by atoms with van der Waals surface area (Å²) < 4.78 is 0. The van der Waals surface area contributed by atoms with Crippen LogP contribution in [0.1, 0.15) is 56.9 Å². The molecule has 20 heavy (non-hydrogen) atoms. The van der Waals surface area contributed by atoms with Gasteiger partial charge in [-0.05, 0) is 43.4 Å². The molecule has 0 bridgehead atoms. The number of carbonyl (C=O) groups is 1. The molecule has 0 radical (unpaired) electrons. The molecule has 1 unspecified atom stereocenters. The van der Waals surface area contributed by atoms with Crippen LogP contribution in [0, 0.1) is 0 Å². The first-order valence-electron chi connectivity index (χ1n) is 7.82. The molecule has 0 saturated carbocycles. The van der Waals surface area contributed by atoms with Crippen LogP contribution >= 0.6 is 0 Å². The number of carbonyl (C=O) groups excluding carboxylic acids is 1. The molecule has 1 fully saturated rings. The topological polar surface area (TPSA) is 43.2 Å². The third kappa shape index (κ3) is 3.75. The van der Waals surface area contributed by atoms with E-state index in [1.165, 1.54) is 6.42 Å². The minimum absolute atomic E-state index is 0.0198. The van der Waals surface area contributed by atoms with E-state index in [1.807, 2.05) is 17.0 Å². The zero-order valence-corrected chi connectivity index (χ0v) is 12.4. The van der Waals surface area contributed by atoms with Crippen molar-refractivity contribution >= 4 is 5.91 Å². The lowest BCUT2D eigenvalue weighted by Crippen LogP contribution is -2.38. The zero-order chi connectivity index (χ0) is 14.4. The highest BCUT2D eigenvalue weighted by Crippen LogP contribution is 2.27. The fourth-order valence-corrected chi connectivity index (χ4v) is 2.89. The van der Waals surface area contributed by atoms with E-state index in [1.54, 1.807) is 12.1 Å². The summed E-state index contributed by atoms with van der Waals surface area (Å²) in [6, 6.07) is 7.48. The lowest BCUT2D eigenvalue weighted by molar-refractivity contribution is -0.133. The van der Waals surface area contributed by atoms with E-state index in [4.69, 9.17) is 5.11 Å². The SMILES string of the molecule is CCCCC(C(=O)N1CCCCC1)c1ccc([OH2+])cc1. The average molecular weight is 276 g/mol. The number of benzene rings is 1. The largest absolute Gasteiger partial charge is 0.593 e. The molecule has 0 aromatic heterocycles. The van der Waals surface area contributed by atoms with E-state index in [2.05, 4.69) is 6.92 Å². The highest BCUT2D eigenvalue weighted by molar-refractivity contribution is 5.83. The van der Waals surface area contributed by atoms with Crippen LogP contribution in [0.25, 0.3) is 0 Å². The second kappa shape index (κ2) is 7.32. The summed E-state index contributed by atoms with van der Waals surface area (Å²) in [6.45, 7) is 3.99. The van der Waals surface area contributed by atoms with Crippen LogP contribution in [0.2, 0.25) is 0 Å². The molecule has 1 heterocycles. The summed E-state index contributed by atoms with van der Waals surface area (Å²) in [5.41, 5.74) is 1.07. The molecule has 110 valence electrons. The second-order valence-corrected chi connectivity index (χ2v) is 5.70. The summed E-state index contributed by atoms with van der Waals surface area (Å²) in [5, 5.41) is 7.58. The van der Waals surface area contributed by atoms with E-state index in [0.717, 1.165) is 50.8 Å². The fourth-order valence-electron chi connectivity index (χ4n) is 2.89. The standard InChI is InChI=1S/C17H25NO2/c1-2-3-7-16(14-8-10-15(19)11-9-14)17(20)18-12-5-4-6-13-18/h8-11,16,19H,2-7,12-13H2,1H3/p+1. The van der Waals surface area contributed by atoms with Gasteiger partial charge in [-0.15, -0.1) is 0 Å². The van der Waals surface area contributed by atoms with Gasteiger partial charge in [-0.1, -0.05) is 19.8 Å². The normalized spacial score (nSPS) is 16.9. The molecule has 1 saturated heterocycles. The predicted octanol–water partition coefficient (Wildman–Crippen LogP) is 3.41. The van der Waals surface area contributed by atoms with Crippen LogP contribution in [-0.2, 0) is 4.79 Å². The Labute approximate surface area is 121 Å². The summed E-state index contributed by atoms with van der Waals surface area (Å²) in [5.74, 6) is 0.776. The first-order valence-corrected chi connectivity index (χ1v) is 7.82. The van der Waals surface area contributed by atoms with Crippen LogP contribution in [0.5, 0.6) is 5.75 Å². The maximum atomic E-state index is 12.8. The Morgan fingerprint density at radius 3 is 2.45 bits per heavy atom. The van der Waals surface area contributed by atoms with Crippen molar-refractivity contribution in [2.24, 2.45) is 0 Å². The van der Waals surface area contributed by atoms with Crippen molar-refractivity contribution in [1.82, 2.24) is 4.90 Å². The molecule has 2 N–H and O–H groups in total. The number of hydrogen-bond acceptors (Lipinski definition) is 1. The lowest BCUT2D eigenvalue weighted by Gasteiger charge is -2.30. The molecule has 3 nitrogen and oxygen atoms in total. The minimum atomic E-state index is -0.0198. The van der Waals surface area contributed by atoms with E-state index in [-0.39, 0.29) is 11.8 Å². The third-order valence-electron chi connectivity index (χ3n) is 4.13. The van der Waals surface area contributed by atoms with Gasteiger partial charge in [0.25, 0.3) is 5.75 Å². The van der Waals surface area contributed by atoms with Gasteiger partial charge in [-0.25, -0.2) is 0 Å². The Hall–Kier alpha value is -1.51. The molecular formula is C17H26NO2+. The second-order valence-electron chi connectivity index (χ2n) is 5.70. The van der Waals surface area contributed by atoms with Crippen molar-refractivity contribution in [3.05, 3.63) is 29.8 Å². The highest BCUT2D eigenvalue weighted by atomic mass is 16.3. The monoisotopic (exact) mass is 276 g/mol. The van der Waals surface area contributed by atoms with Gasteiger partial charge in [0, 0.05) is 25.2 Å². The first kappa shape index (κ1) is 14.9. The smallest absolute Gasteiger partial charge is 0.253 e. The maximum Gasteiger partial charge on any atom is 0.253 e. The quantitative estimate of drug-likeness (QED) is 0.760. The van der Waals surface area contributed by atoms with Gasteiger partial charge in [0.1, 0.15) is 0 Å². The van der Waals surface area contributed by atoms with Gasteiger partial charge >= 0.3 is 0 Å². The van der Waals surface area contributed by atoms with Crippen molar-refractivity contribution in [3.63, 3.8) is 0 Å². The first-order chi connectivity index (χ1) is 9.72. The Kier molecular flexibility index (Phi) is 5.45. The van der Waals surface area contributed by atoms with Crippen LogP contribution in [0.3, 0.4) is 0 Å². The van der Waals surface area contributed by atoms with Gasteiger partial charge in [0.15, 0.2) is 0 Å². The molecule has 1 aliphatic rings. The number of likely N-dealkylation sites (tertiary alicyclic amines) is 1. The molecular weight excluding hydrogens is 250 g/mol. The Balaban J connectivity index is 2.13. The number of unbranched alkanes of at least 4 members (excludes halogenated alkanes) is 1. The molecule has 1 aromatic carbocycles. The molecule has 1 amide bonds. The summed E-state index contributed by atoms with van der Waals surface area (Å²) in [6.07, 6.45) is 6.63. The molecule has 2 rings (SSSR count). The van der Waals surface area contributed by atoms with Crippen molar-refractivity contribution in [2.45, 2.75) is 51.4 Å². The molecule has 0 spiro atoms. The molecule has 1 aromatic rings. The molecule has 0 aliphatic carbocycles. The molecule has 1 atom stereocenters. The number of rotatable bonds is 5. The Morgan fingerprint density at radius 2 is 1.85 bits per heavy atom. The van der Waals surface area contributed by atoms with Crippen LogP contribution in [0.15, 0.2) is 24.3 Å². The third-order valence-corrected chi connectivity index (χ3v) is 4.13. The van der Waals surface area contributed by atoms with Gasteiger partial charge in [-0.3, -0.25) is 4.79 Å². The van der Waals surface area contributed by atoms with Crippen LogP contribution in [0.4, 0.5) is 0 Å². The van der Waals surface area contributed by atoms with Gasteiger partial charge < -0.3 is 10.0 Å². The van der Waals surface area contributed by atoms with Gasteiger partial charge in [0.2, 0.25) is 5.91 Å². The lowest BCUT2D eigenvalue weighted by atomic mass is 9.91. The molecule has 1 aliphatic heterocycles. The predicted molar refractivity (Wildman–Crippen MR) is 82.2 cm³/mol. The van der Waals surface area contributed by atoms with E-state index >= 15 is 0 Å². The Bertz CT molecular complexity index is 421. The van der Waals surface area contributed by atoms with Gasteiger partial charge in [-0.2, -0.15) is 0 Å². The van der Waals surface area contributed by atoms with Crippen LogP contribution < -0.4 is 0 Å². The van der Waals surface area contributed by atoms with Crippen LogP contribution in [-0.4, -0.2) is 29.0 Å². The van der Waals surface area contributed by atoms with Crippen molar-refractivity contribution < 1.29 is 9.90 Å². The van der Waals surface area contributed by atoms with E-state index < -0.39 is 0 Å². The van der Waals surface area contributed by atoms with Crippen molar-refractivity contribution in [2.75, 3.05) is 13.1 Å². The minimum Gasteiger partial charge on any atom is -0.593 e. The zero-order valence-electron chi connectivity index (χ0n) is 12.4. The average Bonchev–Trinajstić information content (AvgIpc) is 2.50. The van der Waals surface area contributed by atoms with Crippen molar-refractivity contribution in [1.29, 1.82) is 0 Å². The summed E-state index contributed by atoms with van der Waals surface area (Å²) in [7, 11) is 0. The van der Waals surface area contributed by atoms with Crippen molar-refractivity contribution in [3.8, 4) is 5.75 Å². The summed E-state index contributed by atoms with van der Waals surface area (Å²) >= 11 is 0. The number of amides is 1. The number of nitrogens with zero attached hydrogens (tertiary/aromatic N) is 1. The number of hydrogen-bond donors (Lipinski definition) is 0. The molecule has 3 heteroatoms. The van der Waals surface area contributed by atoms with E-state index in [9.17, 15) is 4.79 Å². The number of piperidine rings is 1. The maximum absolute atomic E-state index is 12.8. The Morgan fingerprint density at radius 1 is 1.20 bits per heavy atom. The highest BCUT2D eigenvalue weighted by Gasteiger charge is 2.26. The van der Waals surface area contributed by atoms with Gasteiger partial charge in [0.05, 0.1) is 5.92 Å². The fraction of sp³-hybridized carbons (Fsp3) is 0.588. The summed E-state index contributed by atoms with van der Waals surface area (Å²) in [4.78, 5) is 14.8.